The van der Waals surface area contributed by atoms with Crippen LogP contribution in [0.2, 0.25) is 0 Å². The topological polar surface area (TPSA) is 62.1 Å². The number of halogens is 1. The third-order valence-corrected chi connectivity index (χ3v) is 2.73. The van der Waals surface area contributed by atoms with E-state index in [9.17, 15) is 9.18 Å². The van der Waals surface area contributed by atoms with Crippen molar-refractivity contribution in [1.82, 2.24) is 0 Å². The first-order chi connectivity index (χ1) is 10.2. The van der Waals surface area contributed by atoms with Crippen LogP contribution < -0.4 is 10.1 Å². The van der Waals surface area contributed by atoms with Gasteiger partial charge in [0.25, 0.3) is 0 Å². The molecule has 0 spiro atoms. The van der Waals surface area contributed by atoms with Gasteiger partial charge in [0, 0.05) is 11.8 Å². The van der Waals surface area contributed by atoms with Gasteiger partial charge in [0.05, 0.1) is 6.42 Å². The molecule has 2 rings (SSSR count). The molecule has 21 heavy (non-hydrogen) atoms. The molecule has 0 atom stereocenters. The molecule has 4 nitrogen and oxygen atoms in total. The van der Waals surface area contributed by atoms with Crippen LogP contribution in [0.15, 0.2) is 48.5 Å². The average molecular weight is 284 g/mol. The Hall–Kier alpha value is -2.87. The highest BCUT2D eigenvalue weighted by Gasteiger charge is 2.08. The molecule has 0 bridgehead atoms. The fourth-order valence-electron chi connectivity index (χ4n) is 1.80. The second kappa shape index (κ2) is 7.06. The number of ether oxygens (including phenoxy) is 1. The Morgan fingerprint density at radius 1 is 1.24 bits per heavy atom. The molecule has 0 aliphatic carbocycles. The van der Waals surface area contributed by atoms with Crippen LogP contribution in [0.25, 0.3) is 0 Å². The van der Waals surface area contributed by atoms with E-state index in [2.05, 4.69) is 5.32 Å². The van der Waals surface area contributed by atoms with Crippen molar-refractivity contribution in [3.63, 3.8) is 0 Å². The van der Waals surface area contributed by atoms with Gasteiger partial charge < -0.3 is 10.1 Å². The van der Waals surface area contributed by atoms with Gasteiger partial charge in [-0.05, 0) is 23.8 Å². The number of benzene rings is 2. The van der Waals surface area contributed by atoms with E-state index in [0.29, 0.717) is 17.0 Å². The number of nitriles is 1. The maximum atomic E-state index is 13.5. The number of amides is 1. The molecular formula is C16H13FN2O2. The molecule has 0 aliphatic rings. The van der Waals surface area contributed by atoms with Gasteiger partial charge in [0.2, 0.25) is 5.91 Å². The van der Waals surface area contributed by atoms with Gasteiger partial charge in [0.15, 0.2) is 6.61 Å². The van der Waals surface area contributed by atoms with Gasteiger partial charge in [-0.1, -0.05) is 24.3 Å². The lowest BCUT2D eigenvalue weighted by Crippen LogP contribution is -2.15. The Kier molecular flexibility index (Phi) is 4.89. The Balaban J connectivity index is 2.00. The first-order valence-electron chi connectivity index (χ1n) is 6.32. The molecule has 0 radical (unpaired) electrons. The number of nitrogens with one attached hydrogen (secondary N) is 1. The van der Waals surface area contributed by atoms with E-state index < -0.39 is 5.82 Å². The highest BCUT2D eigenvalue weighted by Crippen LogP contribution is 2.17. The van der Waals surface area contributed by atoms with Crippen LogP contribution in [0.5, 0.6) is 5.75 Å². The van der Waals surface area contributed by atoms with Crippen molar-refractivity contribution in [1.29, 1.82) is 5.26 Å². The van der Waals surface area contributed by atoms with Crippen LogP contribution >= 0.6 is 0 Å². The molecule has 0 aromatic heterocycles. The largest absolute Gasteiger partial charge is 0.479 e. The first kappa shape index (κ1) is 14.5. The minimum atomic E-state index is -0.404. The van der Waals surface area contributed by atoms with E-state index >= 15 is 0 Å². The number of carbonyl (C=O) groups is 1. The first-order valence-corrected chi connectivity index (χ1v) is 6.32. The molecular weight excluding hydrogens is 271 g/mol. The van der Waals surface area contributed by atoms with Crippen LogP contribution in [-0.4, -0.2) is 12.5 Å². The zero-order chi connectivity index (χ0) is 15.1. The third-order valence-electron chi connectivity index (χ3n) is 2.73. The van der Waals surface area contributed by atoms with Gasteiger partial charge in [-0.25, -0.2) is 4.39 Å². The number of anilines is 1. The van der Waals surface area contributed by atoms with Crippen molar-refractivity contribution < 1.29 is 13.9 Å². The van der Waals surface area contributed by atoms with E-state index in [4.69, 9.17) is 10.00 Å². The van der Waals surface area contributed by atoms with Crippen LogP contribution in [0.4, 0.5) is 10.1 Å². The summed E-state index contributed by atoms with van der Waals surface area (Å²) in [7, 11) is 0. The summed E-state index contributed by atoms with van der Waals surface area (Å²) in [4.78, 5) is 11.9. The summed E-state index contributed by atoms with van der Waals surface area (Å²) in [6.45, 7) is -0.0629. The van der Waals surface area contributed by atoms with Gasteiger partial charge >= 0.3 is 0 Å². The predicted molar refractivity (Wildman–Crippen MR) is 76.3 cm³/mol. The molecule has 0 fully saturated rings. The van der Waals surface area contributed by atoms with E-state index in [-0.39, 0.29) is 18.9 Å². The lowest BCUT2D eigenvalue weighted by atomic mass is 10.1. The molecule has 0 unspecified atom stereocenters. The second-order valence-electron chi connectivity index (χ2n) is 4.29. The number of hydrogen-bond acceptors (Lipinski definition) is 3. The van der Waals surface area contributed by atoms with Crippen molar-refractivity contribution in [3.8, 4) is 11.8 Å². The predicted octanol–water partition coefficient (Wildman–Crippen LogP) is 2.91. The molecule has 106 valence electrons. The minimum absolute atomic E-state index is 0.0457. The molecule has 0 saturated carbocycles. The monoisotopic (exact) mass is 284 g/mol. The lowest BCUT2D eigenvalue weighted by Gasteiger charge is -2.08. The molecule has 2 aromatic carbocycles. The van der Waals surface area contributed by atoms with E-state index in [1.54, 1.807) is 42.5 Å². The van der Waals surface area contributed by atoms with Gasteiger partial charge in [-0.15, -0.1) is 0 Å². The lowest BCUT2D eigenvalue weighted by molar-refractivity contribution is -0.115. The Labute approximate surface area is 121 Å². The van der Waals surface area contributed by atoms with Crippen molar-refractivity contribution in [2.75, 3.05) is 11.9 Å². The van der Waals surface area contributed by atoms with E-state index in [0.717, 1.165) is 0 Å². The smallest absolute Gasteiger partial charge is 0.228 e. The highest BCUT2D eigenvalue weighted by atomic mass is 19.1. The highest BCUT2D eigenvalue weighted by molar-refractivity contribution is 5.92. The van der Waals surface area contributed by atoms with Crippen LogP contribution in [-0.2, 0) is 11.2 Å². The fourth-order valence-corrected chi connectivity index (χ4v) is 1.80. The van der Waals surface area contributed by atoms with Gasteiger partial charge in [-0.2, -0.15) is 5.26 Å². The van der Waals surface area contributed by atoms with E-state index in [1.807, 2.05) is 6.07 Å². The van der Waals surface area contributed by atoms with Crippen LogP contribution in [0.3, 0.4) is 0 Å². The zero-order valence-corrected chi connectivity index (χ0v) is 11.2. The van der Waals surface area contributed by atoms with Gasteiger partial charge in [-0.3, -0.25) is 4.79 Å². The summed E-state index contributed by atoms with van der Waals surface area (Å²) in [6, 6.07) is 14.7. The summed E-state index contributed by atoms with van der Waals surface area (Å²) in [6.07, 6.45) is -0.0457. The molecule has 2 aromatic rings. The second-order valence-corrected chi connectivity index (χ2v) is 4.29. The van der Waals surface area contributed by atoms with Crippen LogP contribution in [0, 0.1) is 17.1 Å². The Morgan fingerprint density at radius 2 is 2.05 bits per heavy atom. The fraction of sp³-hybridized carbons (Fsp3) is 0.125. The summed E-state index contributed by atoms with van der Waals surface area (Å²) in [5.41, 5.74) is 0.874. The molecule has 0 saturated heterocycles. The van der Waals surface area contributed by atoms with Crippen molar-refractivity contribution >= 4 is 11.6 Å². The molecule has 1 N–H and O–H groups in total. The molecule has 1 amide bonds. The van der Waals surface area contributed by atoms with E-state index in [1.165, 1.54) is 6.07 Å². The Bertz CT molecular complexity index is 680. The zero-order valence-electron chi connectivity index (χ0n) is 11.2. The SMILES string of the molecule is N#CCOc1cccc(NC(=O)Cc2ccccc2F)c1. The molecule has 5 heteroatoms. The normalized spacial score (nSPS) is 9.71. The van der Waals surface area contributed by atoms with Crippen molar-refractivity contribution in [3.05, 3.63) is 59.9 Å². The summed E-state index contributed by atoms with van der Waals surface area (Å²) >= 11 is 0. The minimum Gasteiger partial charge on any atom is -0.479 e. The molecule has 0 aliphatic heterocycles. The maximum Gasteiger partial charge on any atom is 0.228 e. The number of nitrogens with zero attached hydrogens (tertiary/aromatic N) is 1. The molecule has 0 heterocycles. The number of rotatable bonds is 5. The maximum absolute atomic E-state index is 13.5. The summed E-state index contributed by atoms with van der Waals surface area (Å²) in [5, 5.41) is 11.1. The third kappa shape index (κ3) is 4.32. The summed E-state index contributed by atoms with van der Waals surface area (Å²) in [5.74, 6) is -0.239. The number of hydrogen-bond donors (Lipinski definition) is 1. The quantitative estimate of drug-likeness (QED) is 0.918. The van der Waals surface area contributed by atoms with Gasteiger partial charge in [0.1, 0.15) is 17.6 Å². The standard InChI is InChI=1S/C16H13FN2O2/c17-15-7-2-1-4-12(15)10-16(20)19-13-5-3-6-14(11-13)21-9-8-18/h1-7,11H,9-10H2,(H,19,20). The number of carbonyl (C=O) groups excluding carboxylic acids is 1. The van der Waals surface area contributed by atoms with Crippen LogP contribution in [0.1, 0.15) is 5.56 Å². The Morgan fingerprint density at radius 3 is 2.81 bits per heavy atom. The summed E-state index contributed by atoms with van der Waals surface area (Å²) < 4.78 is 18.6. The van der Waals surface area contributed by atoms with Crippen molar-refractivity contribution in [2.24, 2.45) is 0 Å². The average Bonchev–Trinajstić information content (AvgIpc) is 2.48. The van der Waals surface area contributed by atoms with Crippen molar-refractivity contribution in [2.45, 2.75) is 6.42 Å².